The number of hydrogen-bond acceptors (Lipinski definition) is 4. The lowest BCUT2D eigenvalue weighted by atomic mass is 9.89. The summed E-state index contributed by atoms with van der Waals surface area (Å²) in [4.78, 5) is 0. The zero-order valence-electron chi connectivity index (χ0n) is 11.2. The molecule has 0 saturated heterocycles. The van der Waals surface area contributed by atoms with Gasteiger partial charge in [-0.15, -0.1) is 0 Å². The van der Waals surface area contributed by atoms with Crippen molar-refractivity contribution in [3.05, 3.63) is 23.8 Å². The molecule has 0 fully saturated rings. The van der Waals surface area contributed by atoms with Crippen molar-refractivity contribution in [1.29, 1.82) is 0 Å². The molecule has 18 heavy (non-hydrogen) atoms. The predicted octanol–water partition coefficient (Wildman–Crippen LogP) is 2.27. The quantitative estimate of drug-likeness (QED) is 0.892. The van der Waals surface area contributed by atoms with E-state index in [1.165, 1.54) is 0 Å². The minimum Gasteiger partial charge on any atom is -0.497 e. The van der Waals surface area contributed by atoms with Crippen LogP contribution in [0.4, 0.5) is 0 Å². The van der Waals surface area contributed by atoms with E-state index in [0.29, 0.717) is 13.2 Å². The summed E-state index contributed by atoms with van der Waals surface area (Å²) < 4.78 is 16.7. The fourth-order valence-electron chi connectivity index (χ4n) is 2.32. The van der Waals surface area contributed by atoms with Crippen molar-refractivity contribution in [3.8, 4) is 11.5 Å². The Hall–Kier alpha value is -1.26. The van der Waals surface area contributed by atoms with Crippen LogP contribution in [-0.4, -0.2) is 25.9 Å². The predicted molar refractivity (Wildman–Crippen MR) is 70.1 cm³/mol. The Morgan fingerprint density at radius 2 is 2.28 bits per heavy atom. The second kappa shape index (κ2) is 5.16. The molecule has 0 bridgehead atoms. The molecule has 2 N–H and O–H groups in total. The van der Waals surface area contributed by atoms with Gasteiger partial charge in [0.05, 0.1) is 13.7 Å². The third-order valence-electron chi connectivity index (χ3n) is 3.24. The molecule has 0 spiro atoms. The number of ether oxygens (including phenoxy) is 3. The van der Waals surface area contributed by atoms with Crippen LogP contribution >= 0.6 is 0 Å². The third-order valence-corrected chi connectivity index (χ3v) is 3.24. The molecule has 100 valence electrons. The number of methoxy groups -OCH3 is 1. The van der Waals surface area contributed by atoms with Crippen LogP contribution in [0, 0.1) is 0 Å². The van der Waals surface area contributed by atoms with Crippen LogP contribution in [-0.2, 0) is 4.74 Å². The smallest absolute Gasteiger partial charge is 0.131 e. The van der Waals surface area contributed by atoms with E-state index in [4.69, 9.17) is 19.9 Å². The average Bonchev–Trinajstić information content (AvgIpc) is 2.36. The van der Waals surface area contributed by atoms with Gasteiger partial charge >= 0.3 is 0 Å². The van der Waals surface area contributed by atoms with Gasteiger partial charge in [0, 0.05) is 24.6 Å². The van der Waals surface area contributed by atoms with Gasteiger partial charge in [0.25, 0.3) is 0 Å². The Bertz CT molecular complexity index is 422. The molecule has 0 radical (unpaired) electrons. The zero-order valence-corrected chi connectivity index (χ0v) is 11.2. The number of fused-ring (bicyclic) bond motifs is 1. The highest BCUT2D eigenvalue weighted by atomic mass is 16.5. The molecule has 0 amide bonds. The molecule has 4 heteroatoms. The second-order valence-corrected chi connectivity index (χ2v) is 4.90. The Morgan fingerprint density at radius 3 is 2.94 bits per heavy atom. The van der Waals surface area contributed by atoms with E-state index < -0.39 is 0 Å². The lowest BCUT2D eigenvalue weighted by Gasteiger charge is -2.38. The average molecular weight is 251 g/mol. The van der Waals surface area contributed by atoms with Crippen molar-refractivity contribution in [2.75, 3.05) is 20.3 Å². The third kappa shape index (κ3) is 2.60. The van der Waals surface area contributed by atoms with Crippen LogP contribution in [0.3, 0.4) is 0 Å². The molecule has 4 nitrogen and oxygen atoms in total. The van der Waals surface area contributed by atoms with Gasteiger partial charge in [-0.2, -0.15) is 0 Å². The number of hydrogen-bond donors (Lipinski definition) is 1. The maximum Gasteiger partial charge on any atom is 0.131 e. The molecule has 1 aliphatic heterocycles. The van der Waals surface area contributed by atoms with E-state index >= 15 is 0 Å². The van der Waals surface area contributed by atoms with E-state index in [1.807, 2.05) is 32.0 Å². The summed E-state index contributed by atoms with van der Waals surface area (Å²) in [7, 11) is 1.65. The summed E-state index contributed by atoms with van der Waals surface area (Å²) in [6.07, 6.45) is 0.743. The monoisotopic (exact) mass is 251 g/mol. The van der Waals surface area contributed by atoms with Gasteiger partial charge in [-0.3, -0.25) is 0 Å². The first-order valence-electron chi connectivity index (χ1n) is 6.28. The van der Waals surface area contributed by atoms with Gasteiger partial charge in [0.1, 0.15) is 17.1 Å². The van der Waals surface area contributed by atoms with Gasteiger partial charge in [0.2, 0.25) is 0 Å². The van der Waals surface area contributed by atoms with E-state index in [-0.39, 0.29) is 11.6 Å². The Balaban J connectivity index is 2.23. The number of nitrogens with two attached hydrogens (primary N) is 1. The maximum atomic E-state index is 6.23. The molecule has 0 aromatic heterocycles. The lowest BCUT2D eigenvalue weighted by molar-refractivity contribution is -0.0302. The molecule has 2 rings (SSSR count). The Kier molecular flexibility index (Phi) is 3.78. The van der Waals surface area contributed by atoms with E-state index in [9.17, 15) is 0 Å². The van der Waals surface area contributed by atoms with Gasteiger partial charge in [-0.25, -0.2) is 0 Å². The fraction of sp³-hybridized carbons (Fsp3) is 0.571. The molecule has 1 aliphatic rings. The minimum atomic E-state index is -0.350. The van der Waals surface area contributed by atoms with Gasteiger partial charge in [-0.05, 0) is 32.0 Å². The lowest BCUT2D eigenvalue weighted by Crippen LogP contribution is -2.44. The van der Waals surface area contributed by atoms with Crippen molar-refractivity contribution in [3.63, 3.8) is 0 Å². The molecular formula is C14H21NO3. The van der Waals surface area contributed by atoms with Gasteiger partial charge in [-0.1, -0.05) is 0 Å². The van der Waals surface area contributed by atoms with Crippen molar-refractivity contribution >= 4 is 0 Å². The highest BCUT2D eigenvalue weighted by molar-refractivity contribution is 5.44. The number of rotatable bonds is 4. The van der Waals surface area contributed by atoms with Crippen LogP contribution in [0.5, 0.6) is 11.5 Å². The second-order valence-electron chi connectivity index (χ2n) is 4.90. The van der Waals surface area contributed by atoms with Crippen LogP contribution in [0.15, 0.2) is 18.2 Å². The molecule has 1 aromatic rings. The summed E-state index contributed by atoms with van der Waals surface area (Å²) in [5.74, 6) is 1.64. The normalized spacial score (nSPS) is 26.3. The first kappa shape index (κ1) is 13.2. The van der Waals surface area contributed by atoms with Crippen molar-refractivity contribution in [1.82, 2.24) is 0 Å². The van der Waals surface area contributed by atoms with E-state index in [2.05, 4.69) is 0 Å². The fourth-order valence-corrected chi connectivity index (χ4v) is 2.32. The molecule has 1 aromatic carbocycles. The van der Waals surface area contributed by atoms with Crippen LogP contribution in [0.1, 0.15) is 31.9 Å². The Labute approximate surface area is 108 Å². The SMILES string of the molecule is CCOCC1(C)C[C@H](N)c2cc(OC)ccc2O1. The zero-order chi connectivity index (χ0) is 13.2. The molecule has 1 heterocycles. The summed E-state index contributed by atoms with van der Waals surface area (Å²) in [6, 6.07) is 5.70. The standard InChI is InChI=1S/C14H21NO3/c1-4-17-9-14(2)8-12(15)11-7-10(16-3)5-6-13(11)18-14/h5-7,12H,4,8-9,15H2,1-3H3/t12-,14?/m0/s1. The first-order chi connectivity index (χ1) is 8.58. The summed E-state index contributed by atoms with van der Waals surface area (Å²) in [5, 5.41) is 0. The summed E-state index contributed by atoms with van der Waals surface area (Å²) >= 11 is 0. The maximum absolute atomic E-state index is 6.23. The molecular weight excluding hydrogens is 230 g/mol. The largest absolute Gasteiger partial charge is 0.497 e. The van der Waals surface area contributed by atoms with Crippen molar-refractivity contribution in [2.24, 2.45) is 5.73 Å². The molecule has 0 aliphatic carbocycles. The van der Waals surface area contributed by atoms with Crippen molar-refractivity contribution < 1.29 is 14.2 Å². The minimum absolute atomic E-state index is 0.0469. The van der Waals surface area contributed by atoms with Crippen LogP contribution < -0.4 is 15.2 Å². The molecule has 2 atom stereocenters. The first-order valence-corrected chi connectivity index (χ1v) is 6.28. The van der Waals surface area contributed by atoms with E-state index in [0.717, 1.165) is 23.5 Å². The van der Waals surface area contributed by atoms with Gasteiger partial charge < -0.3 is 19.9 Å². The topological polar surface area (TPSA) is 53.7 Å². The molecule has 0 saturated carbocycles. The highest BCUT2D eigenvalue weighted by Gasteiger charge is 2.36. The number of benzene rings is 1. The van der Waals surface area contributed by atoms with E-state index in [1.54, 1.807) is 7.11 Å². The van der Waals surface area contributed by atoms with Crippen molar-refractivity contribution in [2.45, 2.75) is 31.9 Å². The van der Waals surface area contributed by atoms with Crippen LogP contribution in [0.2, 0.25) is 0 Å². The van der Waals surface area contributed by atoms with Gasteiger partial charge in [0.15, 0.2) is 0 Å². The Morgan fingerprint density at radius 1 is 1.50 bits per heavy atom. The molecule has 1 unspecified atom stereocenters. The highest BCUT2D eigenvalue weighted by Crippen LogP contribution is 2.40. The van der Waals surface area contributed by atoms with Crippen LogP contribution in [0.25, 0.3) is 0 Å². The summed E-state index contributed by atoms with van der Waals surface area (Å²) in [5.41, 5.74) is 6.88. The summed E-state index contributed by atoms with van der Waals surface area (Å²) in [6.45, 7) is 5.26.